The second-order valence-electron chi connectivity index (χ2n) is 5.58. The summed E-state index contributed by atoms with van der Waals surface area (Å²) in [6, 6.07) is 14.4. The Hall–Kier alpha value is -2.34. The summed E-state index contributed by atoms with van der Waals surface area (Å²) in [4.78, 5) is 12.2. The van der Waals surface area contributed by atoms with E-state index in [9.17, 15) is 13.2 Å². The summed E-state index contributed by atoms with van der Waals surface area (Å²) < 4.78 is 24.7. The topological polar surface area (TPSA) is 66.5 Å². The van der Waals surface area contributed by atoms with Gasteiger partial charge in [0.1, 0.15) is 0 Å². The lowest BCUT2D eigenvalue weighted by Crippen LogP contribution is -2.29. The van der Waals surface area contributed by atoms with Crippen molar-refractivity contribution in [3.05, 3.63) is 65.2 Å². The van der Waals surface area contributed by atoms with Crippen LogP contribution >= 0.6 is 0 Å². The molecule has 0 aromatic heterocycles. The first-order valence-electron chi connectivity index (χ1n) is 7.73. The van der Waals surface area contributed by atoms with E-state index in [4.69, 9.17) is 0 Å². The number of hydrogen-bond donors (Lipinski definition) is 1. The fourth-order valence-corrected chi connectivity index (χ4v) is 3.45. The largest absolute Gasteiger partial charge is 0.348 e. The molecule has 0 heterocycles. The lowest BCUT2D eigenvalue weighted by atomic mass is 10.1. The van der Waals surface area contributed by atoms with Gasteiger partial charge in [-0.1, -0.05) is 24.3 Å². The molecule has 0 aliphatic heterocycles. The van der Waals surface area contributed by atoms with Crippen LogP contribution in [0.4, 0.5) is 5.69 Å². The maximum Gasteiger partial charge on any atom is 0.251 e. The molecule has 1 N–H and O–H groups in total. The second kappa shape index (κ2) is 7.49. The van der Waals surface area contributed by atoms with E-state index in [1.807, 2.05) is 31.2 Å². The molecule has 0 aliphatic rings. The van der Waals surface area contributed by atoms with Crippen molar-refractivity contribution in [2.45, 2.75) is 20.4 Å². The SMILES string of the molecule is CCN(c1ccc(C(=O)NCc2ccccc2C)cc1)S(C)(=O)=O. The molecule has 128 valence electrons. The summed E-state index contributed by atoms with van der Waals surface area (Å²) >= 11 is 0. The highest BCUT2D eigenvalue weighted by Gasteiger charge is 2.15. The first-order valence-corrected chi connectivity index (χ1v) is 9.58. The van der Waals surface area contributed by atoms with Crippen molar-refractivity contribution in [2.75, 3.05) is 17.1 Å². The molecular weight excluding hydrogens is 324 g/mol. The predicted octanol–water partition coefficient (Wildman–Crippen LogP) is 2.71. The van der Waals surface area contributed by atoms with Gasteiger partial charge in [0.25, 0.3) is 5.91 Å². The number of sulfonamides is 1. The quantitative estimate of drug-likeness (QED) is 0.874. The molecule has 0 aliphatic carbocycles. The highest BCUT2D eigenvalue weighted by atomic mass is 32.2. The van der Waals surface area contributed by atoms with E-state index in [2.05, 4.69) is 5.32 Å². The van der Waals surface area contributed by atoms with Gasteiger partial charge in [0.05, 0.1) is 11.9 Å². The normalized spacial score (nSPS) is 11.1. The molecule has 1 amide bonds. The lowest BCUT2D eigenvalue weighted by Gasteiger charge is -2.20. The average Bonchev–Trinajstić information content (AvgIpc) is 2.54. The first kappa shape index (κ1) is 18.0. The van der Waals surface area contributed by atoms with Crippen LogP contribution in [0.5, 0.6) is 0 Å². The molecular formula is C18H22N2O3S. The van der Waals surface area contributed by atoms with Crippen LogP contribution in [0.15, 0.2) is 48.5 Å². The zero-order chi connectivity index (χ0) is 17.7. The molecule has 0 spiro atoms. The first-order chi connectivity index (χ1) is 11.3. The molecule has 2 rings (SSSR count). The number of nitrogens with one attached hydrogen (secondary N) is 1. The number of rotatable bonds is 6. The minimum absolute atomic E-state index is 0.188. The molecule has 0 radical (unpaired) electrons. The number of benzene rings is 2. The van der Waals surface area contributed by atoms with Gasteiger partial charge >= 0.3 is 0 Å². The number of aryl methyl sites for hydroxylation is 1. The average molecular weight is 346 g/mol. The second-order valence-corrected chi connectivity index (χ2v) is 7.49. The molecule has 0 saturated carbocycles. The monoisotopic (exact) mass is 346 g/mol. The molecule has 6 heteroatoms. The van der Waals surface area contributed by atoms with Crippen molar-refractivity contribution in [3.8, 4) is 0 Å². The van der Waals surface area contributed by atoms with Crippen molar-refractivity contribution >= 4 is 21.6 Å². The van der Waals surface area contributed by atoms with E-state index >= 15 is 0 Å². The summed E-state index contributed by atoms with van der Waals surface area (Å²) in [5, 5.41) is 2.88. The maximum atomic E-state index is 12.2. The predicted molar refractivity (Wildman–Crippen MR) is 96.7 cm³/mol. The third-order valence-corrected chi connectivity index (χ3v) is 5.08. The Morgan fingerprint density at radius 2 is 1.71 bits per heavy atom. The number of nitrogens with zero attached hydrogens (tertiary/aromatic N) is 1. The van der Waals surface area contributed by atoms with Crippen LogP contribution in [-0.4, -0.2) is 27.1 Å². The van der Waals surface area contributed by atoms with Gasteiger partial charge in [-0.25, -0.2) is 8.42 Å². The van der Waals surface area contributed by atoms with Gasteiger partial charge in [0, 0.05) is 18.7 Å². The van der Waals surface area contributed by atoms with Crippen LogP contribution in [0.1, 0.15) is 28.4 Å². The zero-order valence-electron chi connectivity index (χ0n) is 14.1. The number of anilines is 1. The minimum atomic E-state index is -3.32. The molecule has 2 aromatic rings. The van der Waals surface area contributed by atoms with Crippen LogP contribution in [0.3, 0.4) is 0 Å². The highest BCUT2D eigenvalue weighted by Crippen LogP contribution is 2.18. The minimum Gasteiger partial charge on any atom is -0.348 e. The summed E-state index contributed by atoms with van der Waals surface area (Å²) in [5.41, 5.74) is 3.24. The molecule has 2 aromatic carbocycles. The van der Waals surface area contributed by atoms with E-state index in [1.54, 1.807) is 31.2 Å². The molecule has 0 unspecified atom stereocenters. The molecule has 0 saturated heterocycles. The Morgan fingerprint density at radius 3 is 2.25 bits per heavy atom. The van der Waals surface area contributed by atoms with Gasteiger partial charge in [0.2, 0.25) is 10.0 Å². The smallest absolute Gasteiger partial charge is 0.251 e. The van der Waals surface area contributed by atoms with E-state index < -0.39 is 10.0 Å². The Morgan fingerprint density at radius 1 is 1.08 bits per heavy atom. The fourth-order valence-electron chi connectivity index (χ4n) is 2.47. The molecule has 0 bridgehead atoms. The molecule has 0 atom stereocenters. The Balaban J connectivity index is 2.07. The number of hydrogen-bond acceptors (Lipinski definition) is 3. The van der Waals surface area contributed by atoms with Gasteiger partial charge in [0.15, 0.2) is 0 Å². The molecule has 5 nitrogen and oxygen atoms in total. The number of amides is 1. The summed E-state index contributed by atoms with van der Waals surface area (Å²) in [7, 11) is -3.32. The lowest BCUT2D eigenvalue weighted by molar-refractivity contribution is 0.0951. The summed E-state index contributed by atoms with van der Waals surface area (Å²) in [6.07, 6.45) is 1.17. The van der Waals surface area contributed by atoms with Gasteiger partial charge in [-0.2, -0.15) is 0 Å². The maximum absolute atomic E-state index is 12.2. The Bertz CT molecular complexity index is 814. The van der Waals surface area contributed by atoms with Gasteiger partial charge < -0.3 is 5.32 Å². The van der Waals surface area contributed by atoms with Crippen LogP contribution in [-0.2, 0) is 16.6 Å². The van der Waals surface area contributed by atoms with Crippen LogP contribution < -0.4 is 9.62 Å². The fraction of sp³-hybridized carbons (Fsp3) is 0.278. The molecule has 0 fully saturated rings. The van der Waals surface area contributed by atoms with Crippen LogP contribution in [0.2, 0.25) is 0 Å². The van der Waals surface area contributed by atoms with Gasteiger partial charge in [-0.3, -0.25) is 9.10 Å². The van der Waals surface area contributed by atoms with Crippen molar-refractivity contribution < 1.29 is 13.2 Å². The van der Waals surface area contributed by atoms with Crippen molar-refractivity contribution in [1.29, 1.82) is 0 Å². The summed E-state index contributed by atoms with van der Waals surface area (Å²) in [6.45, 7) is 4.57. The standard InChI is InChI=1S/C18H22N2O3S/c1-4-20(24(3,22)23)17-11-9-15(10-12-17)18(21)19-13-16-8-6-5-7-14(16)2/h5-12H,4,13H2,1-3H3,(H,19,21). The van der Waals surface area contributed by atoms with Crippen LogP contribution in [0.25, 0.3) is 0 Å². The van der Waals surface area contributed by atoms with Crippen molar-refractivity contribution in [3.63, 3.8) is 0 Å². The van der Waals surface area contributed by atoms with Crippen molar-refractivity contribution in [2.24, 2.45) is 0 Å². The van der Waals surface area contributed by atoms with Crippen LogP contribution in [0, 0.1) is 6.92 Å². The Kier molecular flexibility index (Phi) is 5.62. The zero-order valence-corrected chi connectivity index (χ0v) is 14.9. The third-order valence-electron chi connectivity index (χ3n) is 3.81. The van der Waals surface area contributed by atoms with E-state index in [0.29, 0.717) is 24.3 Å². The highest BCUT2D eigenvalue weighted by molar-refractivity contribution is 7.92. The van der Waals surface area contributed by atoms with E-state index in [0.717, 1.165) is 11.1 Å². The van der Waals surface area contributed by atoms with Gasteiger partial charge in [-0.05, 0) is 49.2 Å². The van der Waals surface area contributed by atoms with E-state index in [1.165, 1.54) is 10.6 Å². The number of carbonyl (C=O) groups excluding carboxylic acids is 1. The Labute approximate surface area is 143 Å². The van der Waals surface area contributed by atoms with Gasteiger partial charge in [-0.15, -0.1) is 0 Å². The number of carbonyl (C=O) groups is 1. The molecule has 24 heavy (non-hydrogen) atoms. The van der Waals surface area contributed by atoms with Crippen molar-refractivity contribution in [1.82, 2.24) is 5.32 Å². The summed E-state index contributed by atoms with van der Waals surface area (Å²) in [5.74, 6) is -0.188. The van der Waals surface area contributed by atoms with E-state index in [-0.39, 0.29) is 5.91 Å². The third kappa shape index (κ3) is 4.35.